The van der Waals surface area contributed by atoms with E-state index >= 15 is 0 Å². The number of hydrogen-bond acceptors (Lipinski definition) is 11. The predicted molar refractivity (Wildman–Crippen MR) is 116 cm³/mol. The monoisotopic (exact) mass is 481 g/mol. The lowest BCUT2D eigenvalue weighted by Crippen LogP contribution is -2.16. The summed E-state index contributed by atoms with van der Waals surface area (Å²) in [5, 5.41) is 8.60. The standard InChI is InChI=1S/C17H19N7O6S2/c18-8-9-19-15-22-16(20-11-4-6-13(7-5-11)31(25,26)27)24-17(23-15)21-12-2-1-3-14(10-12)32(28,29)30/h1-7,10H,8-9,18H2,(H,25,26,27)(H,28,29,30)(H3,19,20,21,22,23,24). The Morgan fingerprint density at radius 1 is 0.750 bits per heavy atom. The van der Waals surface area contributed by atoms with Crippen LogP contribution in [0.2, 0.25) is 0 Å². The third-order valence-electron chi connectivity index (χ3n) is 3.86. The van der Waals surface area contributed by atoms with Crippen LogP contribution in [0, 0.1) is 0 Å². The lowest BCUT2D eigenvalue weighted by Gasteiger charge is -2.11. The molecule has 0 amide bonds. The fourth-order valence-electron chi connectivity index (χ4n) is 2.45. The molecule has 0 aliphatic rings. The molecule has 0 fully saturated rings. The van der Waals surface area contributed by atoms with Gasteiger partial charge >= 0.3 is 0 Å². The topological polar surface area (TPSA) is 210 Å². The quantitative estimate of drug-likeness (QED) is 0.238. The summed E-state index contributed by atoms with van der Waals surface area (Å²) in [6, 6.07) is 10.6. The Labute approximate surface area is 183 Å². The van der Waals surface area contributed by atoms with Crippen molar-refractivity contribution in [3.63, 3.8) is 0 Å². The van der Waals surface area contributed by atoms with Gasteiger partial charge in [-0.2, -0.15) is 31.8 Å². The number of aromatic nitrogens is 3. The highest BCUT2D eigenvalue weighted by Gasteiger charge is 2.13. The molecule has 13 nitrogen and oxygen atoms in total. The lowest BCUT2D eigenvalue weighted by molar-refractivity contribution is 0.481. The number of nitrogens with one attached hydrogen (secondary N) is 3. The largest absolute Gasteiger partial charge is 0.353 e. The van der Waals surface area contributed by atoms with E-state index in [4.69, 9.17) is 10.3 Å². The van der Waals surface area contributed by atoms with Crippen LogP contribution in [0.25, 0.3) is 0 Å². The molecule has 1 aromatic heterocycles. The van der Waals surface area contributed by atoms with Crippen LogP contribution in [-0.4, -0.2) is 54.0 Å². The van der Waals surface area contributed by atoms with Crippen LogP contribution in [0.15, 0.2) is 58.3 Å². The second kappa shape index (κ2) is 9.41. The number of rotatable bonds is 9. The zero-order valence-corrected chi connectivity index (χ0v) is 17.9. The summed E-state index contributed by atoms with van der Waals surface area (Å²) in [6.07, 6.45) is 0. The number of anilines is 5. The molecule has 2 aromatic carbocycles. The zero-order valence-electron chi connectivity index (χ0n) is 16.3. The molecule has 0 aliphatic carbocycles. The van der Waals surface area contributed by atoms with Gasteiger partial charge in [0, 0.05) is 24.5 Å². The molecule has 3 aromatic rings. The molecule has 0 aliphatic heterocycles. The molecule has 170 valence electrons. The van der Waals surface area contributed by atoms with Gasteiger partial charge < -0.3 is 21.7 Å². The van der Waals surface area contributed by atoms with Crippen molar-refractivity contribution in [1.82, 2.24) is 15.0 Å². The fourth-order valence-corrected chi connectivity index (χ4v) is 3.46. The minimum atomic E-state index is -4.39. The molecule has 0 atom stereocenters. The van der Waals surface area contributed by atoms with Gasteiger partial charge in [0.1, 0.15) is 0 Å². The zero-order chi connectivity index (χ0) is 23.4. The van der Waals surface area contributed by atoms with Crippen LogP contribution < -0.4 is 21.7 Å². The summed E-state index contributed by atoms with van der Waals surface area (Å²) in [7, 11) is -8.72. The Bertz CT molecular complexity index is 1320. The normalized spacial score (nSPS) is 11.7. The first-order valence-corrected chi connectivity index (χ1v) is 11.8. The van der Waals surface area contributed by atoms with Crippen molar-refractivity contribution in [2.75, 3.05) is 29.0 Å². The van der Waals surface area contributed by atoms with E-state index in [2.05, 4.69) is 30.9 Å². The summed E-state index contributed by atoms with van der Waals surface area (Å²) in [5.41, 5.74) is 6.21. The predicted octanol–water partition coefficient (Wildman–Crippen LogP) is 1.22. The Morgan fingerprint density at radius 2 is 1.31 bits per heavy atom. The summed E-state index contributed by atoms with van der Waals surface area (Å²) in [4.78, 5) is 12.0. The maximum absolute atomic E-state index is 11.4. The summed E-state index contributed by atoms with van der Waals surface area (Å²) < 4.78 is 63.3. The van der Waals surface area contributed by atoms with Crippen molar-refractivity contribution in [3.8, 4) is 0 Å². The SMILES string of the molecule is NCCNc1nc(Nc2ccc(S(=O)(=O)O)cc2)nc(Nc2cccc(S(=O)(=O)O)c2)n1. The second-order valence-electron chi connectivity index (χ2n) is 6.27. The van der Waals surface area contributed by atoms with Gasteiger partial charge in [0.2, 0.25) is 17.8 Å². The molecule has 3 rings (SSSR count). The molecule has 0 spiro atoms. The summed E-state index contributed by atoms with van der Waals surface area (Å²) >= 11 is 0. The molecule has 0 unspecified atom stereocenters. The number of nitrogens with zero attached hydrogens (tertiary/aromatic N) is 3. The van der Waals surface area contributed by atoms with Gasteiger partial charge in [-0.05, 0) is 42.5 Å². The number of benzene rings is 2. The van der Waals surface area contributed by atoms with E-state index in [-0.39, 0.29) is 27.6 Å². The molecule has 1 heterocycles. The maximum Gasteiger partial charge on any atom is 0.294 e. The molecular formula is C17H19N7O6S2. The number of hydrogen-bond donors (Lipinski definition) is 6. The highest BCUT2D eigenvalue weighted by molar-refractivity contribution is 7.86. The first-order valence-electron chi connectivity index (χ1n) is 8.94. The number of nitrogens with two attached hydrogens (primary N) is 1. The Morgan fingerprint density at radius 3 is 1.88 bits per heavy atom. The van der Waals surface area contributed by atoms with Crippen molar-refractivity contribution in [2.24, 2.45) is 5.73 Å². The smallest absolute Gasteiger partial charge is 0.294 e. The molecular weight excluding hydrogens is 462 g/mol. The maximum atomic E-state index is 11.4. The van der Waals surface area contributed by atoms with Gasteiger partial charge in [0.15, 0.2) is 0 Å². The average Bonchev–Trinajstić information content (AvgIpc) is 2.71. The Kier molecular flexibility index (Phi) is 6.85. The summed E-state index contributed by atoms with van der Waals surface area (Å²) in [6.45, 7) is 0.675. The summed E-state index contributed by atoms with van der Waals surface area (Å²) in [5.74, 6) is 0.285. The van der Waals surface area contributed by atoms with Crippen molar-refractivity contribution < 1.29 is 25.9 Å². The molecule has 0 radical (unpaired) electrons. The van der Waals surface area contributed by atoms with Gasteiger partial charge in [-0.3, -0.25) is 9.11 Å². The Balaban J connectivity index is 1.90. The second-order valence-corrected chi connectivity index (χ2v) is 9.12. The van der Waals surface area contributed by atoms with Gasteiger partial charge in [-0.1, -0.05) is 6.07 Å². The van der Waals surface area contributed by atoms with E-state index in [1.807, 2.05) is 0 Å². The lowest BCUT2D eigenvalue weighted by atomic mass is 10.3. The Hall–Kier alpha value is -3.37. The highest BCUT2D eigenvalue weighted by Crippen LogP contribution is 2.21. The van der Waals surface area contributed by atoms with E-state index in [0.717, 1.165) is 0 Å². The minimum absolute atomic E-state index is 0.0454. The van der Waals surface area contributed by atoms with E-state index in [9.17, 15) is 21.4 Å². The molecule has 15 heteroatoms. The van der Waals surface area contributed by atoms with Crippen LogP contribution >= 0.6 is 0 Å². The molecule has 0 saturated heterocycles. The van der Waals surface area contributed by atoms with E-state index < -0.39 is 20.2 Å². The molecule has 7 N–H and O–H groups in total. The van der Waals surface area contributed by atoms with Crippen LogP contribution in [0.3, 0.4) is 0 Å². The van der Waals surface area contributed by atoms with E-state index in [0.29, 0.717) is 24.5 Å². The average molecular weight is 482 g/mol. The van der Waals surface area contributed by atoms with Crippen LogP contribution in [-0.2, 0) is 20.2 Å². The van der Waals surface area contributed by atoms with Crippen LogP contribution in [0.5, 0.6) is 0 Å². The van der Waals surface area contributed by atoms with Gasteiger partial charge in [0.05, 0.1) is 9.79 Å². The first-order chi connectivity index (χ1) is 15.0. The van der Waals surface area contributed by atoms with E-state index in [1.54, 1.807) is 6.07 Å². The van der Waals surface area contributed by atoms with Gasteiger partial charge in [0.25, 0.3) is 20.2 Å². The van der Waals surface area contributed by atoms with Crippen molar-refractivity contribution in [1.29, 1.82) is 0 Å². The molecule has 0 saturated carbocycles. The first kappa shape index (κ1) is 23.3. The third-order valence-corrected chi connectivity index (χ3v) is 5.58. The van der Waals surface area contributed by atoms with Crippen molar-refractivity contribution >= 4 is 49.5 Å². The fraction of sp³-hybridized carbons (Fsp3) is 0.118. The third kappa shape index (κ3) is 6.32. The minimum Gasteiger partial charge on any atom is -0.353 e. The van der Waals surface area contributed by atoms with E-state index in [1.165, 1.54) is 42.5 Å². The van der Waals surface area contributed by atoms with Crippen LogP contribution in [0.1, 0.15) is 0 Å². The highest BCUT2D eigenvalue weighted by atomic mass is 32.2. The molecule has 32 heavy (non-hydrogen) atoms. The van der Waals surface area contributed by atoms with Gasteiger partial charge in [-0.15, -0.1) is 0 Å². The van der Waals surface area contributed by atoms with Crippen molar-refractivity contribution in [2.45, 2.75) is 9.79 Å². The molecule has 0 bridgehead atoms. The van der Waals surface area contributed by atoms with Crippen molar-refractivity contribution in [3.05, 3.63) is 48.5 Å². The van der Waals surface area contributed by atoms with Crippen LogP contribution in [0.4, 0.5) is 29.2 Å². The van der Waals surface area contributed by atoms with Gasteiger partial charge in [-0.25, -0.2) is 0 Å².